The average molecular weight is 205 g/mol. The average Bonchev–Trinajstić information content (AvgIpc) is 2.54. The molecule has 2 aliphatic heterocycles. The maximum atomic E-state index is 11.9. The van der Waals surface area contributed by atoms with Gasteiger partial charge in [-0.15, -0.1) is 0 Å². The zero-order valence-corrected chi connectivity index (χ0v) is 8.65. The molecular formula is C11H15N3O. The van der Waals surface area contributed by atoms with Gasteiger partial charge in [0.25, 0.3) is 0 Å². The van der Waals surface area contributed by atoms with Crippen LogP contribution >= 0.6 is 0 Å². The summed E-state index contributed by atoms with van der Waals surface area (Å²) in [4.78, 5) is 13.9. The van der Waals surface area contributed by atoms with E-state index in [-0.39, 0.29) is 12.1 Å². The molecule has 1 N–H and O–H groups in total. The van der Waals surface area contributed by atoms with Gasteiger partial charge in [0, 0.05) is 12.7 Å². The minimum Gasteiger partial charge on any atom is -0.339 e. The lowest BCUT2D eigenvalue weighted by Gasteiger charge is -2.35. The molecule has 3 rings (SSSR count). The van der Waals surface area contributed by atoms with Gasteiger partial charge in [0.1, 0.15) is 12.7 Å². The fraction of sp³-hybridized carbons (Fsp3) is 0.545. The van der Waals surface area contributed by atoms with E-state index in [0.29, 0.717) is 6.54 Å². The van der Waals surface area contributed by atoms with Crippen molar-refractivity contribution in [3.63, 3.8) is 0 Å². The number of aromatic nitrogens is 1. The van der Waals surface area contributed by atoms with Crippen LogP contribution < -0.4 is 5.32 Å². The molecule has 1 aromatic heterocycles. The first-order chi connectivity index (χ1) is 7.36. The molecule has 4 nitrogen and oxygen atoms in total. The molecule has 4 heteroatoms. The van der Waals surface area contributed by atoms with Gasteiger partial charge >= 0.3 is 0 Å². The second kappa shape index (κ2) is 3.38. The van der Waals surface area contributed by atoms with Crippen molar-refractivity contribution in [3.05, 3.63) is 24.0 Å². The van der Waals surface area contributed by atoms with Crippen molar-refractivity contribution in [1.82, 2.24) is 14.8 Å². The van der Waals surface area contributed by atoms with E-state index in [1.165, 1.54) is 5.69 Å². The predicted molar refractivity (Wildman–Crippen MR) is 56.1 cm³/mol. The molecule has 1 aromatic rings. The number of hydrogen-bond donors (Lipinski definition) is 1. The topological polar surface area (TPSA) is 37.3 Å². The molecule has 0 spiro atoms. The monoisotopic (exact) mass is 205 g/mol. The van der Waals surface area contributed by atoms with Crippen LogP contribution in [-0.2, 0) is 11.3 Å². The van der Waals surface area contributed by atoms with Crippen LogP contribution in [0.15, 0.2) is 18.3 Å². The van der Waals surface area contributed by atoms with Crippen molar-refractivity contribution >= 4 is 5.91 Å². The summed E-state index contributed by atoms with van der Waals surface area (Å²) in [5.74, 6) is 0.234. The molecule has 80 valence electrons. The Bertz CT molecular complexity index is 385. The summed E-state index contributed by atoms with van der Waals surface area (Å²) < 4.78 is 2.04. The smallest absolute Gasteiger partial charge is 0.244 e. The minimum absolute atomic E-state index is 0.101. The van der Waals surface area contributed by atoms with Crippen molar-refractivity contribution in [3.8, 4) is 0 Å². The lowest BCUT2D eigenvalue weighted by molar-refractivity contribution is -0.136. The number of nitrogens with one attached hydrogen (secondary N) is 1. The van der Waals surface area contributed by atoms with E-state index in [4.69, 9.17) is 0 Å². The highest BCUT2D eigenvalue weighted by Gasteiger charge is 2.32. The molecule has 1 fully saturated rings. The van der Waals surface area contributed by atoms with E-state index in [1.54, 1.807) is 0 Å². The Kier molecular flexibility index (Phi) is 2.02. The third kappa shape index (κ3) is 1.36. The van der Waals surface area contributed by atoms with Gasteiger partial charge in [-0.1, -0.05) is 0 Å². The van der Waals surface area contributed by atoms with Crippen LogP contribution in [0.1, 0.15) is 24.7 Å². The summed E-state index contributed by atoms with van der Waals surface area (Å²) in [6, 6.07) is 4.11. The maximum absolute atomic E-state index is 11.9. The summed E-state index contributed by atoms with van der Waals surface area (Å²) >= 11 is 0. The Labute approximate surface area is 88.9 Å². The van der Waals surface area contributed by atoms with Gasteiger partial charge in [-0.25, -0.2) is 0 Å². The van der Waals surface area contributed by atoms with Gasteiger partial charge in [0.2, 0.25) is 5.91 Å². The first kappa shape index (κ1) is 8.97. The lowest BCUT2D eigenvalue weighted by Crippen LogP contribution is -2.47. The molecule has 1 atom stereocenters. The SMILES string of the molecule is O=C1Cn2cccc2C2NCCCCN12. The van der Waals surface area contributed by atoms with Crippen molar-refractivity contribution in [2.24, 2.45) is 0 Å². The van der Waals surface area contributed by atoms with Crippen LogP contribution in [0.4, 0.5) is 0 Å². The highest BCUT2D eigenvalue weighted by Crippen LogP contribution is 2.26. The maximum Gasteiger partial charge on any atom is 0.244 e. The van der Waals surface area contributed by atoms with Crippen molar-refractivity contribution in [1.29, 1.82) is 0 Å². The predicted octanol–water partition coefficient (Wildman–Crippen LogP) is 0.712. The number of fused-ring (bicyclic) bond motifs is 3. The van der Waals surface area contributed by atoms with Gasteiger partial charge in [0.15, 0.2) is 0 Å². The Morgan fingerprint density at radius 3 is 3.27 bits per heavy atom. The fourth-order valence-electron chi connectivity index (χ4n) is 2.47. The Balaban J connectivity index is 2.01. The number of nitrogens with zero attached hydrogens (tertiary/aromatic N) is 2. The van der Waals surface area contributed by atoms with Crippen LogP contribution in [0, 0.1) is 0 Å². The molecule has 15 heavy (non-hydrogen) atoms. The van der Waals surface area contributed by atoms with Crippen LogP contribution in [0.5, 0.6) is 0 Å². The summed E-state index contributed by atoms with van der Waals surface area (Å²) in [6.45, 7) is 2.39. The largest absolute Gasteiger partial charge is 0.339 e. The quantitative estimate of drug-likeness (QED) is 0.677. The number of hydrogen-bond acceptors (Lipinski definition) is 2. The van der Waals surface area contributed by atoms with E-state index in [0.717, 1.165) is 25.9 Å². The third-order valence-corrected chi connectivity index (χ3v) is 3.25. The van der Waals surface area contributed by atoms with Crippen molar-refractivity contribution in [2.45, 2.75) is 25.6 Å². The molecule has 2 aliphatic rings. The molecule has 0 saturated carbocycles. The first-order valence-electron chi connectivity index (χ1n) is 5.54. The van der Waals surface area contributed by atoms with Gasteiger partial charge in [-0.2, -0.15) is 0 Å². The van der Waals surface area contributed by atoms with E-state index in [1.807, 2.05) is 21.7 Å². The highest BCUT2D eigenvalue weighted by atomic mass is 16.2. The molecule has 1 amide bonds. The molecule has 0 bridgehead atoms. The van der Waals surface area contributed by atoms with E-state index >= 15 is 0 Å². The summed E-state index contributed by atoms with van der Waals surface area (Å²) in [7, 11) is 0. The molecule has 1 saturated heterocycles. The van der Waals surface area contributed by atoms with Gasteiger partial charge in [-0.05, 0) is 31.5 Å². The van der Waals surface area contributed by atoms with Crippen LogP contribution in [0.25, 0.3) is 0 Å². The molecule has 3 heterocycles. The molecule has 1 unspecified atom stereocenters. The van der Waals surface area contributed by atoms with Crippen LogP contribution in [0.3, 0.4) is 0 Å². The van der Waals surface area contributed by atoms with Crippen molar-refractivity contribution in [2.75, 3.05) is 13.1 Å². The van der Waals surface area contributed by atoms with E-state index in [9.17, 15) is 4.79 Å². The second-order valence-corrected chi connectivity index (χ2v) is 4.21. The van der Waals surface area contributed by atoms with Gasteiger partial charge in [-0.3, -0.25) is 10.1 Å². The van der Waals surface area contributed by atoms with E-state index < -0.39 is 0 Å². The van der Waals surface area contributed by atoms with Crippen LogP contribution in [-0.4, -0.2) is 28.5 Å². The standard InChI is InChI=1S/C11H15N3O/c15-10-8-13-6-3-4-9(13)11-12-5-1-2-7-14(10)11/h3-4,6,11-12H,1-2,5,7-8H2. The number of carbonyl (C=O) groups is 1. The van der Waals surface area contributed by atoms with Crippen LogP contribution in [0.2, 0.25) is 0 Å². The third-order valence-electron chi connectivity index (χ3n) is 3.25. The first-order valence-corrected chi connectivity index (χ1v) is 5.54. The fourth-order valence-corrected chi connectivity index (χ4v) is 2.47. The normalized spacial score (nSPS) is 25.7. The van der Waals surface area contributed by atoms with Crippen molar-refractivity contribution < 1.29 is 4.79 Å². The lowest BCUT2D eigenvalue weighted by atomic mass is 10.2. The van der Waals surface area contributed by atoms with E-state index in [2.05, 4.69) is 11.4 Å². The second-order valence-electron chi connectivity index (χ2n) is 4.21. The summed E-state index contributed by atoms with van der Waals surface area (Å²) in [6.07, 6.45) is 4.34. The molecule has 0 aliphatic carbocycles. The molecule has 0 radical (unpaired) electrons. The highest BCUT2D eigenvalue weighted by molar-refractivity contribution is 5.77. The number of rotatable bonds is 0. The Hall–Kier alpha value is -1.29. The Morgan fingerprint density at radius 2 is 2.33 bits per heavy atom. The Morgan fingerprint density at radius 1 is 1.40 bits per heavy atom. The zero-order chi connectivity index (χ0) is 10.3. The minimum atomic E-state index is 0.101. The van der Waals surface area contributed by atoms with Gasteiger partial charge in [0.05, 0.1) is 5.69 Å². The number of carbonyl (C=O) groups excluding carboxylic acids is 1. The molecular weight excluding hydrogens is 190 g/mol. The van der Waals surface area contributed by atoms with Gasteiger partial charge < -0.3 is 9.47 Å². The zero-order valence-electron chi connectivity index (χ0n) is 8.65. The number of amides is 1. The molecule has 0 aromatic carbocycles. The summed E-state index contributed by atoms with van der Waals surface area (Å²) in [5.41, 5.74) is 1.22. The summed E-state index contributed by atoms with van der Waals surface area (Å²) in [5, 5.41) is 3.44.